The van der Waals surface area contributed by atoms with Gasteiger partial charge in [0, 0.05) is 0 Å². The molecule has 0 aliphatic heterocycles. The van der Waals surface area contributed by atoms with E-state index in [1.165, 1.54) is 35.5 Å². The topological polar surface area (TPSA) is 0 Å². The minimum Gasteiger partial charge on any atom is -0.0496 e. The number of hydrogen-bond acceptors (Lipinski definition) is 0. The van der Waals surface area contributed by atoms with Crippen LogP contribution in [0.25, 0.3) is 0 Å². The zero-order valence-corrected chi connectivity index (χ0v) is 6.29. The molecule has 4 aliphatic carbocycles. The first-order chi connectivity index (χ1) is 4.97. The second kappa shape index (κ2) is 1.19. The quantitative estimate of drug-likeness (QED) is 0.477. The molecule has 54 valence electrons. The van der Waals surface area contributed by atoms with Gasteiger partial charge in [0.05, 0.1) is 0 Å². The Labute approximate surface area is 62.0 Å². The summed E-state index contributed by atoms with van der Waals surface area (Å²) < 4.78 is 0. The molecule has 4 saturated carbocycles. The summed E-state index contributed by atoms with van der Waals surface area (Å²) in [5, 5.41) is 0. The van der Waals surface area contributed by atoms with Gasteiger partial charge in [0.25, 0.3) is 0 Å². The van der Waals surface area contributed by atoms with E-state index in [0.29, 0.717) is 0 Å². The molecule has 4 aliphatic rings. The molecule has 0 bridgehead atoms. The highest BCUT2D eigenvalue weighted by Gasteiger charge is 2.70. The van der Waals surface area contributed by atoms with E-state index in [-0.39, 0.29) is 0 Å². The van der Waals surface area contributed by atoms with Crippen molar-refractivity contribution in [3.8, 4) is 0 Å². The van der Waals surface area contributed by atoms with Gasteiger partial charge in [-0.25, -0.2) is 0 Å². The lowest BCUT2D eigenvalue weighted by molar-refractivity contribution is -0.124. The van der Waals surface area contributed by atoms with Crippen molar-refractivity contribution in [1.82, 2.24) is 0 Å². The van der Waals surface area contributed by atoms with Crippen LogP contribution in [0.4, 0.5) is 0 Å². The van der Waals surface area contributed by atoms with Crippen LogP contribution in [0, 0.1) is 35.5 Å². The van der Waals surface area contributed by atoms with Crippen molar-refractivity contribution >= 4 is 0 Å². The molecule has 0 aromatic rings. The fraction of sp³-hybridized carbons (Fsp3) is 1.00. The number of fused-ring (bicyclic) bond motifs is 2. The second-order valence-corrected chi connectivity index (χ2v) is 4.96. The predicted octanol–water partition coefficient (Wildman–Crippen LogP) is 2.30. The molecule has 0 nitrogen and oxygen atoms in total. The lowest BCUT2D eigenvalue weighted by Crippen LogP contribution is -2.55. The third-order valence-corrected chi connectivity index (χ3v) is 5.19. The highest BCUT2D eigenvalue weighted by Crippen LogP contribution is 2.76. The monoisotopic (exact) mass is 134 g/mol. The average molecular weight is 134 g/mol. The van der Waals surface area contributed by atoms with E-state index >= 15 is 0 Å². The maximum Gasteiger partial charge on any atom is -0.0318 e. The third-order valence-electron chi connectivity index (χ3n) is 5.19. The van der Waals surface area contributed by atoms with Gasteiger partial charge in [0.15, 0.2) is 0 Å². The largest absolute Gasteiger partial charge is 0.0496 e. The van der Waals surface area contributed by atoms with Crippen LogP contribution >= 0.6 is 0 Å². The summed E-state index contributed by atoms with van der Waals surface area (Å²) in [6, 6.07) is 0. The molecule has 0 heterocycles. The summed E-state index contributed by atoms with van der Waals surface area (Å²) in [5.74, 6) is 7.53. The Morgan fingerprint density at radius 2 is 0.800 bits per heavy atom. The van der Waals surface area contributed by atoms with Crippen LogP contribution in [0.1, 0.15) is 25.7 Å². The van der Waals surface area contributed by atoms with Crippen molar-refractivity contribution in [2.45, 2.75) is 25.7 Å². The molecule has 0 aromatic carbocycles. The van der Waals surface area contributed by atoms with Crippen LogP contribution in [0.5, 0.6) is 0 Å². The van der Waals surface area contributed by atoms with Gasteiger partial charge in [-0.3, -0.25) is 0 Å². The van der Waals surface area contributed by atoms with Gasteiger partial charge in [0.1, 0.15) is 0 Å². The highest BCUT2D eigenvalue weighted by molar-refractivity contribution is 5.18. The van der Waals surface area contributed by atoms with E-state index in [4.69, 9.17) is 0 Å². The van der Waals surface area contributed by atoms with Crippen LogP contribution in [-0.2, 0) is 0 Å². The van der Waals surface area contributed by atoms with E-state index in [1.54, 1.807) is 25.7 Å². The van der Waals surface area contributed by atoms with Gasteiger partial charge >= 0.3 is 0 Å². The summed E-state index contributed by atoms with van der Waals surface area (Å²) in [4.78, 5) is 0. The Bertz CT molecular complexity index is 131. The van der Waals surface area contributed by atoms with Crippen LogP contribution in [-0.4, -0.2) is 0 Å². The molecule has 0 aromatic heterocycles. The van der Waals surface area contributed by atoms with Gasteiger partial charge in [-0.1, -0.05) is 0 Å². The Hall–Kier alpha value is 0. The molecule has 0 amide bonds. The van der Waals surface area contributed by atoms with E-state index < -0.39 is 0 Å². The fourth-order valence-electron chi connectivity index (χ4n) is 5.02. The van der Waals surface area contributed by atoms with E-state index in [2.05, 4.69) is 0 Å². The lowest BCUT2D eigenvalue weighted by atomic mass is 9.45. The Morgan fingerprint density at radius 3 is 1.10 bits per heavy atom. The van der Waals surface area contributed by atoms with Gasteiger partial charge in [-0.15, -0.1) is 0 Å². The van der Waals surface area contributed by atoms with Crippen LogP contribution in [0.3, 0.4) is 0 Å². The molecular formula is C10H14. The summed E-state index contributed by atoms with van der Waals surface area (Å²) in [6.45, 7) is 0. The van der Waals surface area contributed by atoms with Crippen molar-refractivity contribution in [2.24, 2.45) is 35.5 Å². The maximum absolute atomic E-state index is 1.62. The molecule has 4 atom stereocenters. The Balaban J connectivity index is 1.87. The van der Waals surface area contributed by atoms with Gasteiger partial charge in [0.2, 0.25) is 0 Å². The normalized spacial score (nSPS) is 74.4. The average Bonchev–Trinajstić information content (AvgIpc) is 2.10. The van der Waals surface area contributed by atoms with Gasteiger partial charge in [-0.05, 0) is 61.2 Å². The molecule has 0 heteroatoms. The molecule has 0 saturated heterocycles. The Morgan fingerprint density at radius 1 is 0.500 bits per heavy atom. The number of rotatable bonds is 0. The minimum atomic E-state index is 1.24. The molecule has 0 N–H and O–H groups in total. The molecule has 4 fully saturated rings. The summed E-state index contributed by atoms with van der Waals surface area (Å²) in [7, 11) is 0. The molecule has 4 rings (SSSR count). The Kier molecular flexibility index (Phi) is 0.570. The van der Waals surface area contributed by atoms with Gasteiger partial charge < -0.3 is 0 Å². The summed E-state index contributed by atoms with van der Waals surface area (Å²) >= 11 is 0. The third kappa shape index (κ3) is 0.271. The lowest BCUT2D eigenvalue weighted by Gasteiger charge is -2.59. The zero-order chi connectivity index (χ0) is 6.29. The number of hydrogen-bond donors (Lipinski definition) is 0. The smallest absolute Gasteiger partial charge is 0.0318 e. The standard InChI is InChI=1S/C10H14/c1-2-6-8-4-3-7-5(1)9(6)10(7)8/h5-10H,1-4H2/t5-,6-,7+,8+,9?,10?. The second-order valence-electron chi connectivity index (χ2n) is 4.96. The molecule has 0 spiro atoms. The van der Waals surface area contributed by atoms with Crippen molar-refractivity contribution in [3.63, 3.8) is 0 Å². The van der Waals surface area contributed by atoms with Crippen LogP contribution < -0.4 is 0 Å². The minimum absolute atomic E-state index is 1.24. The molecule has 0 radical (unpaired) electrons. The zero-order valence-electron chi connectivity index (χ0n) is 6.29. The fourth-order valence-corrected chi connectivity index (χ4v) is 5.02. The van der Waals surface area contributed by atoms with Crippen molar-refractivity contribution in [2.75, 3.05) is 0 Å². The first-order valence-electron chi connectivity index (χ1n) is 4.97. The van der Waals surface area contributed by atoms with Crippen LogP contribution in [0.15, 0.2) is 0 Å². The summed E-state index contributed by atoms with van der Waals surface area (Å²) in [5.41, 5.74) is 0. The van der Waals surface area contributed by atoms with Gasteiger partial charge in [-0.2, -0.15) is 0 Å². The first kappa shape index (κ1) is 4.79. The first-order valence-corrected chi connectivity index (χ1v) is 4.97. The van der Waals surface area contributed by atoms with E-state index in [9.17, 15) is 0 Å². The maximum atomic E-state index is 1.62. The highest BCUT2D eigenvalue weighted by atomic mass is 14.7. The van der Waals surface area contributed by atoms with Crippen molar-refractivity contribution < 1.29 is 0 Å². The van der Waals surface area contributed by atoms with E-state index in [0.717, 1.165) is 0 Å². The molecule has 10 heavy (non-hydrogen) atoms. The SMILES string of the molecule is C1C[C@@H]2C3C4[C@H](CC[C@@H]42)[C@H]13. The van der Waals surface area contributed by atoms with Crippen molar-refractivity contribution in [3.05, 3.63) is 0 Å². The van der Waals surface area contributed by atoms with Crippen LogP contribution in [0.2, 0.25) is 0 Å². The van der Waals surface area contributed by atoms with E-state index in [1.807, 2.05) is 0 Å². The molecule has 0 unspecified atom stereocenters. The predicted molar refractivity (Wildman–Crippen MR) is 39.4 cm³/mol. The summed E-state index contributed by atoms with van der Waals surface area (Å²) in [6.07, 6.45) is 6.47. The van der Waals surface area contributed by atoms with Crippen molar-refractivity contribution in [1.29, 1.82) is 0 Å². The molecular weight excluding hydrogens is 120 g/mol.